The molecule has 0 bridgehead atoms. The van der Waals surface area contributed by atoms with Crippen molar-refractivity contribution in [1.82, 2.24) is 19.7 Å². The molecule has 0 atom stereocenters. The van der Waals surface area contributed by atoms with Crippen molar-refractivity contribution in [2.75, 3.05) is 0 Å². The molecule has 7 nitrogen and oxygen atoms in total. The Balaban J connectivity index is 1.63. The van der Waals surface area contributed by atoms with Crippen LogP contribution in [0.1, 0.15) is 11.1 Å². The average molecular weight is 403 g/mol. The van der Waals surface area contributed by atoms with Crippen LogP contribution in [0.3, 0.4) is 0 Å². The minimum atomic E-state index is -0.381. The Morgan fingerprint density at radius 3 is 2.45 bits per heavy atom. The third-order valence-electron chi connectivity index (χ3n) is 4.33. The van der Waals surface area contributed by atoms with Crippen molar-refractivity contribution in [1.29, 1.82) is 0 Å². The highest BCUT2D eigenvalue weighted by molar-refractivity contribution is 7.98. The summed E-state index contributed by atoms with van der Waals surface area (Å²) < 4.78 is 2.06. The Labute approximate surface area is 171 Å². The number of non-ortho nitro benzene ring substituents is 1. The fourth-order valence-electron chi connectivity index (χ4n) is 2.93. The zero-order valence-electron chi connectivity index (χ0n) is 15.4. The number of hydrogen-bond acceptors (Lipinski definition) is 6. The summed E-state index contributed by atoms with van der Waals surface area (Å²) in [6.07, 6.45) is 3.46. The van der Waals surface area contributed by atoms with E-state index in [9.17, 15) is 10.1 Å². The molecule has 0 N–H and O–H groups in total. The van der Waals surface area contributed by atoms with E-state index in [0.29, 0.717) is 12.3 Å². The third-order valence-corrected chi connectivity index (χ3v) is 5.37. The molecule has 0 aliphatic rings. The van der Waals surface area contributed by atoms with Gasteiger partial charge in [-0.3, -0.25) is 19.7 Å². The molecule has 0 unspecified atom stereocenters. The van der Waals surface area contributed by atoms with E-state index in [4.69, 9.17) is 0 Å². The molecule has 2 heterocycles. The summed E-state index contributed by atoms with van der Waals surface area (Å²) in [7, 11) is 0. The summed E-state index contributed by atoms with van der Waals surface area (Å²) in [4.78, 5) is 14.7. The number of aromatic nitrogens is 4. The van der Waals surface area contributed by atoms with Crippen LogP contribution in [0.25, 0.3) is 11.4 Å². The van der Waals surface area contributed by atoms with Crippen molar-refractivity contribution >= 4 is 17.4 Å². The van der Waals surface area contributed by atoms with Gasteiger partial charge in [-0.2, -0.15) is 0 Å². The molecular weight excluding hydrogens is 386 g/mol. The molecule has 0 aliphatic carbocycles. The molecule has 144 valence electrons. The van der Waals surface area contributed by atoms with E-state index in [0.717, 1.165) is 27.7 Å². The Hall–Kier alpha value is -3.52. The first-order chi connectivity index (χ1) is 14.2. The summed E-state index contributed by atoms with van der Waals surface area (Å²) in [5.74, 6) is 1.32. The first kappa shape index (κ1) is 18.8. The van der Waals surface area contributed by atoms with Gasteiger partial charge < -0.3 is 0 Å². The zero-order chi connectivity index (χ0) is 20.1. The highest BCUT2D eigenvalue weighted by Crippen LogP contribution is 2.28. The summed E-state index contributed by atoms with van der Waals surface area (Å²) in [6.45, 7) is 0.628. The van der Waals surface area contributed by atoms with Gasteiger partial charge in [-0.05, 0) is 23.3 Å². The molecule has 8 heteroatoms. The van der Waals surface area contributed by atoms with Gasteiger partial charge in [0.05, 0.1) is 11.5 Å². The van der Waals surface area contributed by atoms with Crippen LogP contribution in [-0.4, -0.2) is 24.7 Å². The van der Waals surface area contributed by atoms with Crippen molar-refractivity contribution in [2.24, 2.45) is 0 Å². The number of thioether (sulfide) groups is 1. The van der Waals surface area contributed by atoms with E-state index in [1.165, 1.54) is 17.8 Å². The summed E-state index contributed by atoms with van der Waals surface area (Å²) in [6, 6.07) is 20.6. The number of nitrogens with zero attached hydrogens (tertiary/aromatic N) is 5. The lowest BCUT2D eigenvalue weighted by Gasteiger charge is -2.10. The Morgan fingerprint density at radius 1 is 0.931 bits per heavy atom. The maximum Gasteiger partial charge on any atom is 0.269 e. The van der Waals surface area contributed by atoms with Crippen LogP contribution in [0.2, 0.25) is 0 Å². The van der Waals surface area contributed by atoms with E-state index in [2.05, 4.69) is 31.9 Å². The lowest BCUT2D eigenvalue weighted by Crippen LogP contribution is -2.04. The molecule has 0 spiro atoms. The van der Waals surface area contributed by atoms with Crippen molar-refractivity contribution in [2.45, 2.75) is 17.5 Å². The van der Waals surface area contributed by atoms with Crippen LogP contribution in [0.4, 0.5) is 5.69 Å². The highest BCUT2D eigenvalue weighted by Gasteiger charge is 2.15. The second-order valence-electron chi connectivity index (χ2n) is 6.33. The van der Waals surface area contributed by atoms with E-state index < -0.39 is 0 Å². The fraction of sp³-hybridized carbons (Fsp3) is 0.0952. The standard InChI is InChI=1S/C21H17N5O2S/c27-26(28)19-8-4-7-17(13-19)15-29-21-24-23-20(18-9-11-22-12-10-18)25(21)14-16-5-2-1-3-6-16/h1-13H,14-15H2. The number of nitro groups is 1. The van der Waals surface area contributed by atoms with Crippen LogP contribution in [0.15, 0.2) is 84.3 Å². The number of benzene rings is 2. The van der Waals surface area contributed by atoms with Crippen LogP contribution >= 0.6 is 11.8 Å². The number of hydrogen-bond donors (Lipinski definition) is 0. The number of rotatable bonds is 7. The largest absolute Gasteiger partial charge is 0.298 e. The summed E-state index contributed by atoms with van der Waals surface area (Å²) in [5.41, 5.74) is 3.03. The first-order valence-electron chi connectivity index (χ1n) is 8.94. The van der Waals surface area contributed by atoms with Gasteiger partial charge in [-0.1, -0.05) is 54.2 Å². The van der Waals surface area contributed by atoms with E-state index >= 15 is 0 Å². The minimum Gasteiger partial charge on any atom is -0.298 e. The predicted molar refractivity (Wildman–Crippen MR) is 111 cm³/mol. The molecule has 2 aromatic carbocycles. The SMILES string of the molecule is O=[N+]([O-])c1cccc(CSc2nnc(-c3ccncc3)n2Cc2ccccc2)c1. The van der Waals surface area contributed by atoms with E-state index in [1.54, 1.807) is 24.5 Å². The predicted octanol–water partition coefficient (Wildman–Crippen LogP) is 4.59. The Kier molecular flexibility index (Phi) is 5.62. The molecule has 2 aromatic heterocycles. The van der Waals surface area contributed by atoms with Crippen LogP contribution in [0.5, 0.6) is 0 Å². The lowest BCUT2D eigenvalue weighted by molar-refractivity contribution is -0.384. The second-order valence-corrected chi connectivity index (χ2v) is 7.27. The average Bonchev–Trinajstić information content (AvgIpc) is 3.16. The molecule has 0 radical (unpaired) electrons. The Bertz CT molecular complexity index is 1120. The second kappa shape index (κ2) is 8.66. The van der Waals surface area contributed by atoms with Crippen molar-refractivity contribution in [3.05, 3.63) is 100 Å². The topological polar surface area (TPSA) is 86.7 Å². The number of pyridine rings is 1. The maximum atomic E-state index is 11.0. The van der Waals surface area contributed by atoms with Gasteiger partial charge >= 0.3 is 0 Å². The maximum absolute atomic E-state index is 11.0. The first-order valence-corrected chi connectivity index (χ1v) is 9.93. The quantitative estimate of drug-likeness (QED) is 0.255. The molecular formula is C21H17N5O2S. The van der Waals surface area contributed by atoms with Crippen LogP contribution in [0, 0.1) is 10.1 Å². The van der Waals surface area contributed by atoms with Gasteiger partial charge in [0.1, 0.15) is 0 Å². The molecule has 0 saturated carbocycles. The molecule has 29 heavy (non-hydrogen) atoms. The zero-order valence-corrected chi connectivity index (χ0v) is 16.2. The van der Waals surface area contributed by atoms with Gasteiger partial charge in [0.2, 0.25) is 0 Å². The monoisotopic (exact) mass is 403 g/mol. The molecule has 4 aromatic rings. The molecule has 0 saturated heterocycles. The van der Waals surface area contributed by atoms with E-state index in [1.807, 2.05) is 36.4 Å². The molecule has 4 rings (SSSR count). The van der Waals surface area contributed by atoms with Gasteiger partial charge in [-0.15, -0.1) is 10.2 Å². The van der Waals surface area contributed by atoms with Crippen LogP contribution in [-0.2, 0) is 12.3 Å². The lowest BCUT2D eigenvalue weighted by atomic mass is 10.2. The van der Waals surface area contributed by atoms with Crippen molar-refractivity contribution in [3.63, 3.8) is 0 Å². The Morgan fingerprint density at radius 2 is 1.69 bits per heavy atom. The van der Waals surface area contributed by atoms with Crippen molar-refractivity contribution < 1.29 is 4.92 Å². The summed E-state index contributed by atoms with van der Waals surface area (Å²) >= 11 is 1.51. The van der Waals surface area contributed by atoms with Crippen LogP contribution < -0.4 is 0 Å². The smallest absolute Gasteiger partial charge is 0.269 e. The minimum absolute atomic E-state index is 0.0892. The van der Waals surface area contributed by atoms with Gasteiger partial charge in [-0.25, -0.2) is 0 Å². The van der Waals surface area contributed by atoms with Gasteiger partial charge in [0.15, 0.2) is 11.0 Å². The fourth-order valence-corrected chi connectivity index (χ4v) is 3.81. The third kappa shape index (κ3) is 4.49. The van der Waals surface area contributed by atoms with E-state index in [-0.39, 0.29) is 10.6 Å². The number of nitro benzene ring substituents is 1. The normalized spacial score (nSPS) is 10.8. The molecule has 0 fully saturated rings. The van der Waals surface area contributed by atoms with Gasteiger partial charge in [0, 0.05) is 35.8 Å². The van der Waals surface area contributed by atoms with Crippen molar-refractivity contribution in [3.8, 4) is 11.4 Å². The highest BCUT2D eigenvalue weighted by atomic mass is 32.2. The summed E-state index contributed by atoms with van der Waals surface area (Å²) in [5, 5.41) is 20.5. The van der Waals surface area contributed by atoms with Gasteiger partial charge in [0.25, 0.3) is 5.69 Å². The molecule has 0 amide bonds. The molecule has 0 aliphatic heterocycles.